The lowest BCUT2D eigenvalue weighted by Gasteiger charge is -2.28. The summed E-state index contributed by atoms with van der Waals surface area (Å²) in [6.45, 7) is 9.82. The van der Waals surface area contributed by atoms with E-state index in [1.807, 2.05) is 70.5 Å². The van der Waals surface area contributed by atoms with Crippen molar-refractivity contribution in [3.63, 3.8) is 0 Å². The Kier molecular flexibility index (Phi) is 12.1. The molecule has 2 aliphatic heterocycles. The molecule has 0 aliphatic carbocycles. The van der Waals surface area contributed by atoms with Crippen molar-refractivity contribution in [2.45, 2.75) is 79.1 Å². The molecule has 0 fully saturated rings. The Hall–Kier alpha value is -5.18. The molecule has 0 bridgehead atoms. The summed E-state index contributed by atoms with van der Waals surface area (Å²) in [6, 6.07) is 36.9. The lowest BCUT2D eigenvalue weighted by atomic mass is 9.98. The molecule has 2 unspecified atom stereocenters. The van der Waals surface area contributed by atoms with Crippen molar-refractivity contribution in [2.24, 2.45) is 11.8 Å². The highest BCUT2D eigenvalue weighted by atomic mass is 32.1. The molecule has 6 heterocycles. The summed E-state index contributed by atoms with van der Waals surface area (Å²) in [5, 5.41) is 0. The van der Waals surface area contributed by atoms with Crippen LogP contribution in [-0.2, 0) is 9.59 Å². The Morgan fingerprint density at radius 3 is 1.24 bits per heavy atom. The molecule has 298 valence electrons. The van der Waals surface area contributed by atoms with Gasteiger partial charge in [0.25, 0.3) is 11.8 Å². The Labute approximate surface area is 350 Å². The molecule has 0 radical (unpaired) electrons. The van der Waals surface area contributed by atoms with Crippen LogP contribution in [0, 0.1) is 11.8 Å². The van der Waals surface area contributed by atoms with Crippen LogP contribution >= 0.6 is 22.7 Å². The molecule has 58 heavy (non-hydrogen) atoms. The molecule has 8 rings (SSSR count). The highest BCUT2D eigenvalue weighted by Crippen LogP contribution is 2.49. The monoisotopic (exact) mass is 808 g/mol. The van der Waals surface area contributed by atoms with Crippen molar-refractivity contribution in [2.75, 3.05) is 13.1 Å². The number of hydrogen-bond donors (Lipinski definition) is 0. The second-order valence-corrected chi connectivity index (χ2v) is 17.7. The van der Waals surface area contributed by atoms with Crippen LogP contribution in [0.4, 0.5) is 0 Å². The number of carbonyl (C=O) groups is 2. The number of rotatable bonds is 18. The first-order valence-corrected chi connectivity index (χ1v) is 22.7. The normalized spacial score (nSPS) is 15.3. The second kappa shape index (κ2) is 17.8. The quantitative estimate of drug-likeness (QED) is 0.0867. The lowest BCUT2D eigenvalue weighted by molar-refractivity contribution is -0.124. The first-order chi connectivity index (χ1) is 28.4. The molecule has 6 aromatic rings. The van der Waals surface area contributed by atoms with E-state index in [-0.39, 0.29) is 23.7 Å². The fourth-order valence-electron chi connectivity index (χ4n) is 8.26. The molecule has 4 aromatic heterocycles. The lowest BCUT2D eigenvalue weighted by Crippen LogP contribution is -2.34. The number of hydrogen-bond acceptors (Lipinski definition) is 6. The largest absolute Gasteiger partial charge is 0.454 e. The van der Waals surface area contributed by atoms with Gasteiger partial charge in [-0.25, -0.2) is 0 Å². The van der Waals surface area contributed by atoms with Gasteiger partial charge in [-0.15, -0.1) is 22.7 Å². The molecular weight excluding hydrogens is 757 g/mol. The average molecular weight is 809 g/mol. The fraction of sp³-hybridized carbons (Fsp3) is 0.320. The summed E-state index contributed by atoms with van der Waals surface area (Å²) in [5.74, 6) is 2.74. The zero-order valence-electron chi connectivity index (χ0n) is 34.0. The number of amides is 2. The van der Waals surface area contributed by atoms with Gasteiger partial charge in [0.15, 0.2) is 11.5 Å². The van der Waals surface area contributed by atoms with Crippen molar-refractivity contribution in [1.82, 2.24) is 9.80 Å². The van der Waals surface area contributed by atoms with Crippen LogP contribution in [0.25, 0.3) is 53.6 Å². The molecule has 2 aliphatic rings. The van der Waals surface area contributed by atoms with E-state index in [9.17, 15) is 0 Å². The molecule has 2 amide bonds. The number of fused-ring (bicyclic) bond motifs is 1. The van der Waals surface area contributed by atoms with E-state index in [1.165, 1.54) is 0 Å². The van der Waals surface area contributed by atoms with E-state index < -0.39 is 0 Å². The van der Waals surface area contributed by atoms with Gasteiger partial charge in [-0.05, 0) is 84.3 Å². The minimum Gasteiger partial charge on any atom is -0.454 e. The van der Waals surface area contributed by atoms with Crippen LogP contribution in [0.3, 0.4) is 0 Å². The van der Waals surface area contributed by atoms with Gasteiger partial charge in [-0.1, -0.05) is 127 Å². The summed E-state index contributed by atoms with van der Waals surface area (Å²) in [6.07, 6.45) is 8.22. The van der Waals surface area contributed by atoms with Crippen molar-refractivity contribution in [1.29, 1.82) is 0 Å². The molecule has 0 saturated heterocycles. The number of thiophene rings is 2. The van der Waals surface area contributed by atoms with Crippen LogP contribution in [0.5, 0.6) is 0 Å². The highest BCUT2D eigenvalue weighted by molar-refractivity contribution is 7.19. The van der Waals surface area contributed by atoms with Crippen molar-refractivity contribution in [3.8, 4) is 42.2 Å². The smallest absolute Gasteiger partial charge is 0.261 e. The van der Waals surface area contributed by atoms with Gasteiger partial charge in [0, 0.05) is 22.8 Å². The number of carbonyl (C=O) groups excluding carboxylic acids is 2. The number of nitrogens with zero attached hydrogens (tertiary/aromatic N) is 2. The molecule has 0 N–H and O–H groups in total. The Balaban J connectivity index is 1.24. The van der Waals surface area contributed by atoms with Crippen LogP contribution in [0.15, 0.2) is 129 Å². The molecule has 2 atom stereocenters. The van der Waals surface area contributed by atoms with Crippen molar-refractivity contribution < 1.29 is 18.4 Å². The highest BCUT2D eigenvalue weighted by Gasteiger charge is 2.51. The third-order valence-electron chi connectivity index (χ3n) is 11.6. The number of furan rings is 2. The van der Waals surface area contributed by atoms with E-state index in [0.717, 1.165) is 82.0 Å². The van der Waals surface area contributed by atoms with E-state index >= 15 is 9.59 Å². The maximum atomic E-state index is 15.1. The fourth-order valence-corrected chi connectivity index (χ4v) is 10.2. The second-order valence-electron chi connectivity index (χ2n) is 15.5. The number of benzene rings is 2. The zero-order valence-corrected chi connectivity index (χ0v) is 35.6. The van der Waals surface area contributed by atoms with Crippen LogP contribution in [0.2, 0.25) is 0 Å². The SMILES string of the molecule is CCCCC(CC)CN1C(=O)C2=C(c3ccc(-c4ccc(-c5ccccc5)s4)o3)N(CC(CC)CCCC)C(=O)C2=C1c1ccc(-c2ccc(-c3ccccc3)s2)o1. The van der Waals surface area contributed by atoms with E-state index in [4.69, 9.17) is 8.83 Å². The first-order valence-electron chi connectivity index (χ1n) is 21.1. The predicted octanol–water partition coefficient (Wildman–Crippen LogP) is 13.9. The molecule has 8 heteroatoms. The minimum atomic E-state index is -0.159. The van der Waals surface area contributed by atoms with E-state index in [1.54, 1.807) is 22.7 Å². The van der Waals surface area contributed by atoms with Gasteiger partial charge in [-0.3, -0.25) is 9.59 Å². The molecule has 2 aromatic carbocycles. The summed E-state index contributed by atoms with van der Waals surface area (Å²) in [5.41, 5.74) is 4.30. The van der Waals surface area contributed by atoms with Gasteiger partial charge < -0.3 is 18.6 Å². The molecular formula is C50H52N2O4S2. The topological polar surface area (TPSA) is 66.9 Å². The molecule has 0 spiro atoms. The Morgan fingerprint density at radius 1 is 0.483 bits per heavy atom. The Bertz CT molecular complexity index is 2260. The van der Waals surface area contributed by atoms with Crippen molar-refractivity contribution in [3.05, 3.63) is 132 Å². The zero-order chi connectivity index (χ0) is 40.2. The third-order valence-corrected chi connectivity index (χ3v) is 13.9. The summed E-state index contributed by atoms with van der Waals surface area (Å²) >= 11 is 3.34. The Morgan fingerprint density at radius 2 is 0.862 bits per heavy atom. The van der Waals surface area contributed by atoms with Crippen molar-refractivity contribution >= 4 is 45.9 Å². The van der Waals surface area contributed by atoms with E-state index in [2.05, 4.69) is 76.2 Å². The molecule has 0 saturated carbocycles. The summed E-state index contributed by atoms with van der Waals surface area (Å²) < 4.78 is 13.4. The summed E-state index contributed by atoms with van der Waals surface area (Å²) in [4.78, 5) is 38.3. The average Bonchev–Trinajstić information content (AvgIpc) is 4.12. The number of unbranched alkanes of at least 4 members (excludes halogenated alkanes) is 2. The minimum absolute atomic E-state index is 0.159. The van der Waals surface area contributed by atoms with Gasteiger partial charge >= 0.3 is 0 Å². The van der Waals surface area contributed by atoms with Gasteiger partial charge in [0.1, 0.15) is 22.9 Å². The standard InChI is InChI=1S/C50H52N2O4S2/c1-5-9-17-33(7-3)31-51-47(39-25-23-37(55-39)43-29-27-41(57-43)35-19-13-11-14-20-35)45-46(49(51)53)48(52(50(45)54)32-34(8-4)18-10-6-2)40-26-24-38(56-40)44-30-28-42(58-44)36-21-15-12-16-22-36/h11-16,19-30,33-34H,5-10,17-18,31-32H2,1-4H3. The van der Waals surface area contributed by atoms with Crippen LogP contribution in [-0.4, -0.2) is 34.7 Å². The first kappa shape index (κ1) is 39.6. The third kappa shape index (κ3) is 7.84. The predicted molar refractivity (Wildman–Crippen MR) is 239 cm³/mol. The maximum Gasteiger partial charge on any atom is 0.261 e. The van der Waals surface area contributed by atoms with Gasteiger partial charge in [0.2, 0.25) is 0 Å². The maximum absolute atomic E-state index is 15.1. The molecule has 6 nitrogen and oxygen atoms in total. The van der Waals surface area contributed by atoms with Gasteiger partial charge in [-0.2, -0.15) is 0 Å². The van der Waals surface area contributed by atoms with E-state index in [0.29, 0.717) is 58.7 Å². The van der Waals surface area contributed by atoms with Gasteiger partial charge in [0.05, 0.1) is 20.9 Å². The van der Waals surface area contributed by atoms with Crippen LogP contribution < -0.4 is 0 Å². The summed E-state index contributed by atoms with van der Waals surface area (Å²) in [7, 11) is 0. The van der Waals surface area contributed by atoms with Crippen LogP contribution in [0.1, 0.15) is 90.6 Å².